The van der Waals surface area contributed by atoms with Crippen LogP contribution in [0, 0.1) is 13.8 Å². The van der Waals surface area contributed by atoms with Gasteiger partial charge in [-0.05, 0) is 26.0 Å². The van der Waals surface area contributed by atoms with E-state index in [0.29, 0.717) is 39.3 Å². The van der Waals surface area contributed by atoms with Gasteiger partial charge in [0.2, 0.25) is 0 Å². The lowest BCUT2D eigenvalue weighted by Crippen LogP contribution is -2.25. The molecular weight excluding hydrogens is 362 g/mol. The minimum atomic E-state index is -1.05. The molecule has 0 aromatic carbocycles. The van der Waals surface area contributed by atoms with Crippen LogP contribution < -0.4 is 5.32 Å². The highest BCUT2D eigenvalue weighted by molar-refractivity contribution is 7.17. The zero-order chi connectivity index (χ0) is 18.0. The second-order valence-corrected chi connectivity index (χ2v) is 7.22. The highest BCUT2D eigenvalue weighted by atomic mass is 32.1. The van der Waals surface area contributed by atoms with Crippen molar-refractivity contribution in [3.05, 3.63) is 44.5 Å². The molecule has 2 N–H and O–H groups in total. The monoisotopic (exact) mass is 377 g/mol. The number of hydrogen-bond acceptors (Lipinski definition) is 7. The van der Waals surface area contributed by atoms with Gasteiger partial charge in [0.25, 0.3) is 5.91 Å². The van der Waals surface area contributed by atoms with Crippen LogP contribution in [0.5, 0.6) is 0 Å². The van der Waals surface area contributed by atoms with Crippen molar-refractivity contribution in [3.8, 4) is 10.8 Å². The third kappa shape index (κ3) is 3.94. The Morgan fingerprint density at radius 3 is 2.72 bits per heavy atom. The third-order valence-corrected chi connectivity index (χ3v) is 5.43. The van der Waals surface area contributed by atoms with Crippen LogP contribution in [0.3, 0.4) is 0 Å². The molecule has 0 aliphatic carbocycles. The predicted octanol–water partition coefficient (Wildman–Crippen LogP) is 3.15. The van der Waals surface area contributed by atoms with Crippen LogP contribution in [0.15, 0.2) is 21.9 Å². The minimum absolute atomic E-state index is 0.0306. The number of carboxylic acids is 1. The summed E-state index contributed by atoms with van der Waals surface area (Å²) in [6.07, 6.45) is 0.478. The van der Waals surface area contributed by atoms with Crippen molar-refractivity contribution >= 4 is 34.6 Å². The molecule has 0 unspecified atom stereocenters. The zero-order valence-corrected chi connectivity index (χ0v) is 15.2. The first-order valence-corrected chi connectivity index (χ1v) is 9.14. The summed E-state index contributed by atoms with van der Waals surface area (Å²) in [7, 11) is 0. The summed E-state index contributed by atoms with van der Waals surface area (Å²) in [6, 6.07) is 3.68. The molecule has 9 heteroatoms. The molecule has 0 atom stereocenters. The minimum Gasteiger partial charge on any atom is -0.476 e. The number of nitrogens with one attached hydrogen (secondary N) is 1. The van der Waals surface area contributed by atoms with Crippen LogP contribution in [0.25, 0.3) is 10.8 Å². The van der Waals surface area contributed by atoms with Crippen LogP contribution in [0.1, 0.15) is 36.6 Å². The molecular formula is C16H15N3O4S2. The van der Waals surface area contributed by atoms with Crippen LogP contribution in [-0.4, -0.2) is 33.5 Å². The van der Waals surface area contributed by atoms with E-state index in [-0.39, 0.29) is 11.6 Å². The summed E-state index contributed by atoms with van der Waals surface area (Å²) in [5, 5.41) is 14.5. The molecule has 25 heavy (non-hydrogen) atoms. The van der Waals surface area contributed by atoms with Crippen LogP contribution >= 0.6 is 22.7 Å². The van der Waals surface area contributed by atoms with Crippen LogP contribution in [0.4, 0.5) is 0 Å². The Bertz CT molecular complexity index is 926. The number of amides is 1. The molecule has 1 amide bonds. The number of furan rings is 1. The van der Waals surface area contributed by atoms with Gasteiger partial charge in [-0.25, -0.2) is 14.8 Å². The Balaban J connectivity index is 1.61. The molecule has 3 heterocycles. The number of nitrogens with zero attached hydrogens (tertiary/aromatic N) is 2. The Kier molecular flexibility index (Phi) is 4.95. The number of rotatable bonds is 6. The van der Waals surface area contributed by atoms with Crippen molar-refractivity contribution in [1.29, 1.82) is 0 Å². The standard InChI is InChI=1S/C16H15N3O4S2/c1-8-3-4-11(23-8)15-18-9(2)13(25-15)14(20)17-6-5-12-19-10(7-24-12)16(21)22/h3-4,7H,5-6H2,1-2H3,(H,17,20)(H,21,22). The van der Waals surface area contributed by atoms with Crippen molar-refractivity contribution in [2.75, 3.05) is 6.54 Å². The van der Waals surface area contributed by atoms with Crippen molar-refractivity contribution in [3.63, 3.8) is 0 Å². The number of aryl methyl sites for hydroxylation is 2. The predicted molar refractivity (Wildman–Crippen MR) is 94.4 cm³/mol. The summed E-state index contributed by atoms with van der Waals surface area (Å²) in [5.41, 5.74) is 0.678. The number of carbonyl (C=O) groups is 2. The van der Waals surface area contributed by atoms with Gasteiger partial charge in [-0.15, -0.1) is 22.7 Å². The normalized spacial score (nSPS) is 10.8. The molecule has 0 radical (unpaired) electrons. The molecule has 130 valence electrons. The molecule has 3 aromatic heterocycles. The summed E-state index contributed by atoms with van der Waals surface area (Å²) in [6.45, 7) is 4.01. The number of thiazole rings is 2. The van der Waals surface area contributed by atoms with E-state index in [0.717, 1.165) is 5.76 Å². The second kappa shape index (κ2) is 7.16. The Labute approximate surface area is 151 Å². The zero-order valence-electron chi connectivity index (χ0n) is 13.5. The summed E-state index contributed by atoms with van der Waals surface area (Å²) >= 11 is 2.55. The van der Waals surface area contributed by atoms with Gasteiger partial charge in [0.1, 0.15) is 10.6 Å². The molecule has 0 spiro atoms. The van der Waals surface area contributed by atoms with Gasteiger partial charge in [-0.2, -0.15) is 0 Å². The van der Waals surface area contributed by atoms with Gasteiger partial charge in [0.05, 0.1) is 10.7 Å². The Hall–Kier alpha value is -2.52. The van der Waals surface area contributed by atoms with Gasteiger partial charge >= 0.3 is 5.97 Å². The molecule has 0 aliphatic rings. The molecule has 3 aromatic rings. The molecule has 7 nitrogen and oxygen atoms in total. The summed E-state index contributed by atoms with van der Waals surface area (Å²) in [4.78, 5) is 32.1. The lowest BCUT2D eigenvalue weighted by atomic mass is 10.3. The number of carbonyl (C=O) groups excluding carboxylic acids is 1. The largest absolute Gasteiger partial charge is 0.476 e. The number of carboxylic acid groups (broad SMARTS) is 1. The molecule has 0 saturated carbocycles. The first-order valence-electron chi connectivity index (χ1n) is 7.44. The SMILES string of the molecule is Cc1ccc(-c2nc(C)c(C(=O)NCCc3nc(C(=O)O)cs3)s2)o1. The quantitative estimate of drug-likeness (QED) is 0.684. The van der Waals surface area contributed by atoms with Gasteiger partial charge in [-0.1, -0.05) is 0 Å². The van der Waals surface area contributed by atoms with Gasteiger partial charge in [0.15, 0.2) is 16.5 Å². The number of aromatic nitrogens is 2. The van der Waals surface area contributed by atoms with E-state index in [9.17, 15) is 9.59 Å². The van der Waals surface area contributed by atoms with Gasteiger partial charge in [-0.3, -0.25) is 4.79 Å². The Morgan fingerprint density at radius 1 is 1.28 bits per heavy atom. The fraction of sp³-hybridized carbons (Fsp3) is 0.250. The first kappa shape index (κ1) is 17.3. The topological polar surface area (TPSA) is 105 Å². The lowest BCUT2D eigenvalue weighted by Gasteiger charge is -2.02. The molecule has 3 rings (SSSR count). The lowest BCUT2D eigenvalue weighted by molar-refractivity contribution is 0.0690. The van der Waals surface area contributed by atoms with E-state index < -0.39 is 5.97 Å². The van der Waals surface area contributed by atoms with Crippen molar-refractivity contribution in [2.45, 2.75) is 20.3 Å². The average Bonchev–Trinajstić information content (AvgIpc) is 3.27. The highest BCUT2D eigenvalue weighted by Gasteiger charge is 2.18. The van der Waals surface area contributed by atoms with E-state index >= 15 is 0 Å². The third-order valence-electron chi connectivity index (χ3n) is 3.35. The van der Waals surface area contributed by atoms with E-state index in [1.165, 1.54) is 28.1 Å². The fourth-order valence-corrected chi connectivity index (χ4v) is 3.87. The first-order chi connectivity index (χ1) is 11.9. The summed E-state index contributed by atoms with van der Waals surface area (Å²) < 4.78 is 5.54. The van der Waals surface area contributed by atoms with Crippen molar-refractivity contribution < 1.29 is 19.1 Å². The van der Waals surface area contributed by atoms with Crippen molar-refractivity contribution in [1.82, 2.24) is 15.3 Å². The Morgan fingerprint density at radius 2 is 2.08 bits per heavy atom. The van der Waals surface area contributed by atoms with Gasteiger partial charge < -0.3 is 14.8 Å². The summed E-state index contributed by atoms with van der Waals surface area (Å²) in [5.74, 6) is 0.179. The number of aromatic carboxylic acids is 1. The maximum Gasteiger partial charge on any atom is 0.355 e. The smallest absolute Gasteiger partial charge is 0.355 e. The molecule has 0 bridgehead atoms. The van der Waals surface area contributed by atoms with Crippen molar-refractivity contribution in [2.24, 2.45) is 0 Å². The van der Waals surface area contributed by atoms with E-state index in [4.69, 9.17) is 9.52 Å². The molecule has 0 aliphatic heterocycles. The maximum absolute atomic E-state index is 12.3. The van der Waals surface area contributed by atoms with E-state index in [2.05, 4.69) is 15.3 Å². The second-order valence-electron chi connectivity index (χ2n) is 5.28. The molecule has 0 saturated heterocycles. The van der Waals surface area contributed by atoms with E-state index in [1.807, 2.05) is 19.1 Å². The highest BCUT2D eigenvalue weighted by Crippen LogP contribution is 2.29. The van der Waals surface area contributed by atoms with Crippen LogP contribution in [-0.2, 0) is 6.42 Å². The molecule has 0 fully saturated rings. The average molecular weight is 377 g/mol. The van der Waals surface area contributed by atoms with E-state index in [1.54, 1.807) is 6.92 Å². The van der Waals surface area contributed by atoms with Crippen LogP contribution in [0.2, 0.25) is 0 Å². The van der Waals surface area contributed by atoms with Gasteiger partial charge in [0, 0.05) is 18.3 Å². The number of hydrogen-bond donors (Lipinski definition) is 2. The maximum atomic E-state index is 12.3. The fourth-order valence-electron chi connectivity index (χ4n) is 2.15.